The average Bonchev–Trinajstić information content (AvgIpc) is 2.35. The topological polar surface area (TPSA) is 24.5 Å². The average molecular weight is 238 g/mol. The van der Waals surface area contributed by atoms with Crippen molar-refractivity contribution < 1.29 is 4.74 Å². The van der Waals surface area contributed by atoms with Gasteiger partial charge in [0.2, 0.25) is 0 Å². The zero-order valence-electron chi connectivity index (χ0n) is 11.1. The largest absolute Gasteiger partial charge is 0.360 e. The number of nitrogens with one attached hydrogen (secondary N) is 1. The Morgan fingerprint density at radius 3 is 2.35 bits per heavy atom. The third kappa shape index (κ3) is 2.38. The summed E-state index contributed by atoms with van der Waals surface area (Å²) in [5.74, 6) is 0. The van der Waals surface area contributed by atoms with Crippen LogP contribution in [0.15, 0.2) is 0 Å². The standard InChI is InChI=1S/C14H26N2O/c1-16-10-7-14(8-11-16)15-13(9-12-17-14)5-3-2-4-6-13/h15H,2-12H2,1H3. The summed E-state index contributed by atoms with van der Waals surface area (Å²) in [4.78, 5) is 2.42. The Morgan fingerprint density at radius 1 is 0.941 bits per heavy atom. The molecule has 0 radical (unpaired) electrons. The number of hydrogen-bond acceptors (Lipinski definition) is 3. The summed E-state index contributed by atoms with van der Waals surface area (Å²) in [6, 6.07) is 0. The molecule has 2 saturated heterocycles. The van der Waals surface area contributed by atoms with E-state index < -0.39 is 0 Å². The molecule has 0 unspecified atom stereocenters. The smallest absolute Gasteiger partial charge is 0.122 e. The van der Waals surface area contributed by atoms with Crippen LogP contribution in [0.3, 0.4) is 0 Å². The second kappa shape index (κ2) is 4.52. The van der Waals surface area contributed by atoms with Gasteiger partial charge < -0.3 is 9.64 Å². The van der Waals surface area contributed by atoms with Crippen LogP contribution >= 0.6 is 0 Å². The van der Waals surface area contributed by atoms with Crippen molar-refractivity contribution in [2.24, 2.45) is 0 Å². The van der Waals surface area contributed by atoms with Gasteiger partial charge >= 0.3 is 0 Å². The highest BCUT2D eigenvalue weighted by atomic mass is 16.5. The second-order valence-electron chi connectivity index (χ2n) is 6.36. The van der Waals surface area contributed by atoms with Gasteiger partial charge in [-0.3, -0.25) is 5.32 Å². The molecule has 0 aromatic heterocycles. The number of rotatable bonds is 0. The van der Waals surface area contributed by atoms with Crippen molar-refractivity contribution in [1.29, 1.82) is 0 Å². The summed E-state index contributed by atoms with van der Waals surface area (Å²) in [5, 5.41) is 3.96. The molecule has 0 aromatic carbocycles. The predicted molar refractivity (Wildman–Crippen MR) is 69.0 cm³/mol. The Kier molecular flexibility index (Phi) is 3.18. The summed E-state index contributed by atoms with van der Waals surface area (Å²) in [6.45, 7) is 3.31. The molecule has 0 aromatic rings. The molecule has 1 aliphatic carbocycles. The molecule has 3 rings (SSSR count). The quantitative estimate of drug-likeness (QED) is 0.699. The number of ether oxygens (including phenoxy) is 1. The Morgan fingerprint density at radius 2 is 1.65 bits per heavy atom. The van der Waals surface area contributed by atoms with E-state index in [1.807, 2.05) is 0 Å². The van der Waals surface area contributed by atoms with Crippen LogP contribution in [-0.4, -0.2) is 42.9 Å². The van der Waals surface area contributed by atoms with Crippen molar-refractivity contribution >= 4 is 0 Å². The van der Waals surface area contributed by atoms with Crippen molar-refractivity contribution in [3.8, 4) is 0 Å². The summed E-state index contributed by atoms with van der Waals surface area (Å²) in [7, 11) is 2.21. The van der Waals surface area contributed by atoms with Gasteiger partial charge in [0.15, 0.2) is 0 Å². The van der Waals surface area contributed by atoms with E-state index in [4.69, 9.17) is 4.74 Å². The molecule has 3 heteroatoms. The Balaban J connectivity index is 1.70. The Labute approximate surface area is 105 Å². The minimum Gasteiger partial charge on any atom is -0.360 e. The fraction of sp³-hybridized carbons (Fsp3) is 1.00. The van der Waals surface area contributed by atoms with E-state index in [0.717, 1.165) is 19.4 Å². The van der Waals surface area contributed by atoms with E-state index in [2.05, 4.69) is 17.3 Å². The van der Waals surface area contributed by atoms with Crippen LogP contribution < -0.4 is 5.32 Å². The van der Waals surface area contributed by atoms with Crippen LogP contribution in [0.4, 0.5) is 0 Å². The highest BCUT2D eigenvalue weighted by Crippen LogP contribution is 2.39. The van der Waals surface area contributed by atoms with Gasteiger partial charge in [-0.15, -0.1) is 0 Å². The monoisotopic (exact) mass is 238 g/mol. The zero-order chi connectivity index (χ0) is 11.8. The van der Waals surface area contributed by atoms with Gasteiger partial charge in [0, 0.05) is 31.5 Å². The number of likely N-dealkylation sites (tertiary alicyclic amines) is 1. The van der Waals surface area contributed by atoms with Gasteiger partial charge in [0.1, 0.15) is 5.72 Å². The Hall–Kier alpha value is -0.120. The molecule has 3 fully saturated rings. The van der Waals surface area contributed by atoms with E-state index >= 15 is 0 Å². The maximum Gasteiger partial charge on any atom is 0.122 e. The number of nitrogens with zero attached hydrogens (tertiary/aromatic N) is 1. The summed E-state index contributed by atoms with van der Waals surface area (Å²) >= 11 is 0. The van der Waals surface area contributed by atoms with Crippen LogP contribution in [0.1, 0.15) is 51.4 Å². The SMILES string of the molecule is CN1CCC2(CC1)NC1(CCCCC1)CCO2. The van der Waals surface area contributed by atoms with Crippen molar-refractivity contribution in [1.82, 2.24) is 10.2 Å². The molecule has 1 saturated carbocycles. The predicted octanol–water partition coefficient (Wildman–Crippen LogP) is 2.12. The van der Waals surface area contributed by atoms with Gasteiger partial charge in [-0.25, -0.2) is 0 Å². The fourth-order valence-electron chi connectivity index (χ4n) is 3.88. The maximum atomic E-state index is 6.14. The molecule has 3 nitrogen and oxygen atoms in total. The first-order valence-corrected chi connectivity index (χ1v) is 7.34. The summed E-state index contributed by atoms with van der Waals surface area (Å²) < 4.78 is 6.14. The van der Waals surface area contributed by atoms with Crippen molar-refractivity contribution in [3.05, 3.63) is 0 Å². The van der Waals surface area contributed by atoms with Gasteiger partial charge in [-0.2, -0.15) is 0 Å². The molecule has 0 amide bonds. The lowest BCUT2D eigenvalue weighted by atomic mass is 9.76. The maximum absolute atomic E-state index is 6.14. The molecule has 98 valence electrons. The molecule has 3 aliphatic rings. The normalized spacial score (nSPS) is 33.0. The Bertz CT molecular complexity index is 260. The third-order valence-electron chi connectivity index (χ3n) is 5.06. The zero-order valence-corrected chi connectivity index (χ0v) is 11.1. The van der Waals surface area contributed by atoms with E-state index in [-0.39, 0.29) is 5.72 Å². The molecular formula is C14H26N2O. The van der Waals surface area contributed by atoms with E-state index in [9.17, 15) is 0 Å². The summed E-state index contributed by atoms with van der Waals surface area (Å²) in [6.07, 6.45) is 10.5. The van der Waals surface area contributed by atoms with Crippen LogP contribution in [0.2, 0.25) is 0 Å². The summed E-state index contributed by atoms with van der Waals surface area (Å²) in [5.41, 5.74) is 0.439. The minimum absolute atomic E-state index is 0.0160. The van der Waals surface area contributed by atoms with Crippen LogP contribution in [-0.2, 0) is 4.74 Å². The van der Waals surface area contributed by atoms with Crippen LogP contribution in [0.25, 0.3) is 0 Å². The van der Waals surface area contributed by atoms with Gasteiger partial charge in [-0.1, -0.05) is 19.3 Å². The van der Waals surface area contributed by atoms with Gasteiger partial charge in [0.05, 0.1) is 6.61 Å². The molecule has 0 atom stereocenters. The first kappa shape index (κ1) is 11.9. The van der Waals surface area contributed by atoms with E-state index in [1.54, 1.807) is 0 Å². The lowest BCUT2D eigenvalue weighted by molar-refractivity contribution is -0.162. The third-order valence-corrected chi connectivity index (χ3v) is 5.06. The first-order chi connectivity index (χ1) is 8.22. The second-order valence-corrected chi connectivity index (χ2v) is 6.36. The van der Waals surface area contributed by atoms with E-state index in [1.165, 1.54) is 51.6 Å². The molecule has 0 bridgehead atoms. The fourth-order valence-corrected chi connectivity index (χ4v) is 3.88. The van der Waals surface area contributed by atoms with Crippen LogP contribution in [0.5, 0.6) is 0 Å². The minimum atomic E-state index is 0.0160. The van der Waals surface area contributed by atoms with Gasteiger partial charge in [-0.05, 0) is 26.3 Å². The number of hydrogen-bond donors (Lipinski definition) is 1. The molecule has 2 aliphatic heterocycles. The van der Waals surface area contributed by atoms with Crippen molar-refractivity contribution in [2.45, 2.75) is 62.6 Å². The highest BCUT2D eigenvalue weighted by Gasteiger charge is 2.46. The molecule has 2 heterocycles. The van der Waals surface area contributed by atoms with Crippen LogP contribution in [0, 0.1) is 0 Å². The highest BCUT2D eigenvalue weighted by molar-refractivity contribution is 5.00. The molecular weight excluding hydrogens is 212 g/mol. The van der Waals surface area contributed by atoms with Gasteiger partial charge in [0.25, 0.3) is 0 Å². The molecule has 2 spiro atoms. The van der Waals surface area contributed by atoms with Crippen molar-refractivity contribution in [2.75, 3.05) is 26.7 Å². The van der Waals surface area contributed by atoms with Crippen molar-refractivity contribution in [3.63, 3.8) is 0 Å². The van der Waals surface area contributed by atoms with E-state index in [0.29, 0.717) is 5.54 Å². The number of piperidine rings is 1. The lowest BCUT2D eigenvalue weighted by Gasteiger charge is -2.53. The lowest BCUT2D eigenvalue weighted by Crippen LogP contribution is -2.66. The molecule has 17 heavy (non-hydrogen) atoms. The first-order valence-electron chi connectivity index (χ1n) is 7.34. The molecule has 1 N–H and O–H groups in total.